The number of nitro groups is 1. The number of rotatable bonds is 5. The average molecular weight is 545 g/mol. The van der Waals surface area contributed by atoms with E-state index in [2.05, 4.69) is 0 Å². The molecular formula is C19H22ClF3N3O6S2+. The summed E-state index contributed by atoms with van der Waals surface area (Å²) in [7, 11) is 3.31. The number of nitrogens with zero attached hydrogens (tertiary/aromatic N) is 3. The maximum atomic E-state index is 12.4. The summed E-state index contributed by atoms with van der Waals surface area (Å²) in [5, 5.41) is 11.8. The van der Waals surface area contributed by atoms with Crippen LogP contribution in [0.4, 0.5) is 24.5 Å². The van der Waals surface area contributed by atoms with E-state index >= 15 is 0 Å². The van der Waals surface area contributed by atoms with Crippen molar-refractivity contribution in [2.75, 3.05) is 35.2 Å². The Morgan fingerprint density at radius 3 is 2.06 bits per heavy atom. The van der Waals surface area contributed by atoms with Crippen molar-refractivity contribution in [3.63, 3.8) is 0 Å². The molecule has 0 heterocycles. The summed E-state index contributed by atoms with van der Waals surface area (Å²) in [5.74, 6) is -0.156. The topological polar surface area (TPSA) is 118 Å². The van der Waals surface area contributed by atoms with Crippen LogP contribution in [-0.4, -0.2) is 69.4 Å². The number of halogens is 4. The van der Waals surface area contributed by atoms with Crippen LogP contribution in [0, 0.1) is 10.1 Å². The monoisotopic (exact) mass is 544 g/mol. The molecule has 0 aromatic heterocycles. The van der Waals surface area contributed by atoms with E-state index in [1.165, 1.54) is 22.7 Å². The third-order valence-corrected chi connectivity index (χ3v) is 5.99. The van der Waals surface area contributed by atoms with E-state index in [4.69, 9.17) is 24.6 Å². The lowest BCUT2D eigenvalue weighted by Gasteiger charge is -2.25. The third kappa shape index (κ3) is 7.84. The lowest BCUT2D eigenvalue weighted by molar-refractivity contribution is -0.387. The number of carbonyl (C=O) groups is 1. The Morgan fingerprint density at radius 1 is 1.15 bits per heavy atom. The van der Waals surface area contributed by atoms with Crippen LogP contribution in [-0.2, 0) is 10.1 Å². The quantitative estimate of drug-likeness (QED) is 0.191. The molecule has 0 aliphatic heterocycles. The molecule has 188 valence electrons. The lowest BCUT2D eigenvalue weighted by Crippen LogP contribution is -2.35. The summed E-state index contributed by atoms with van der Waals surface area (Å²) < 4.78 is 58.0. The number of alkyl halides is 3. The fourth-order valence-electron chi connectivity index (χ4n) is 2.36. The van der Waals surface area contributed by atoms with Crippen LogP contribution in [0.2, 0.25) is 5.02 Å². The molecule has 0 unspecified atom stereocenters. The van der Waals surface area contributed by atoms with Crippen molar-refractivity contribution in [2.45, 2.75) is 15.3 Å². The summed E-state index contributed by atoms with van der Waals surface area (Å²) in [4.78, 5) is 26.0. The molecule has 0 spiro atoms. The minimum Gasteiger partial charge on any atom is -0.345 e. The number of carbonyl (C=O) groups excluding carboxylic acids is 1. The SMILES string of the molecule is CN(C)C(=O)c1ccccc1Sc1cc([N+](C)(C)C)c(Cl)cc1[N+](=O)[O-].O=S(=O)(O)C(F)(F)F. The van der Waals surface area contributed by atoms with E-state index in [0.29, 0.717) is 24.9 Å². The minimum atomic E-state index is -5.84. The van der Waals surface area contributed by atoms with E-state index < -0.39 is 20.5 Å². The summed E-state index contributed by atoms with van der Waals surface area (Å²) in [6, 6.07) is 10.2. The maximum absolute atomic E-state index is 12.4. The van der Waals surface area contributed by atoms with Gasteiger partial charge in [-0.25, -0.2) is 0 Å². The van der Waals surface area contributed by atoms with Gasteiger partial charge in [0.25, 0.3) is 11.6 Å². The average Bonchev–Trinajstić information content (AvgIpc) is 2.66. The highest BCUT2D eigenvalue weighted by Gasteiger charge is 2.44. The molecule has 0 aliphatic rings. The first-order valence-electron chi connectivity index (χ1n) is 9.09. The summed E-state index contributed by atoms with van der Waals surface area (Å²) >= 11 is 7.46. The highest BCUT2D eigenvalue weighted by Crippen LogP contribution is 2.42. The molecular weight excluding hydrogens is 523 g/mol. The van der Waals surface area contributed by atoms with Gasteiger partial charge in [-0.1, -0.05) is 35.5 Å². The van der Waals surface area contributed by atoms with Gasteiger partial charge in [-0.05, 0) is 12.1 Å². The standard InChI is InChI=1S/C18H21ClN3O3S.CHF3O3S/c1-20(2)18(23)12-8-6-7-9-16(12)26-17-11-15(22(3,4)5)13(19)10-14(17)21(24)25;2-1(3,4)8(5,6)7/h6-11H,1-5H3;(H,5,6,7)/q+1;. The van der Waals surface area contributed by atoms with Gasteiger partial charge in [-0.2, -0.15) is 21.6 Å². The molecule has 34 heavy (non-hydrogen) atoms. The van der Waals surface area contributed by atoms with E-state index in [0.717, 1.165) is 5.69 Å². The molecule has 2 aromatic carbocycles. The predicted octanol–water partition coefficient (Wildman–Crippen LogP) is 4.69. The van der Waals surface area contributed by atoms with Crippen molar-refractivity contribution < 1.29 is 35.9 Å². The third-order valence-electron chi connectivity index (χ3n) is 3.98. The van der Waals surface area contributed by atoms with Gasteiger partial charge in [0.2, 0.25) is 0 Å². The largest absolute Gasteiger partial charge is 0.522 e. The smallest absolute Gasteiger partial charge is 0.345 e. The molecule has 0 saturated heterocycles. The molecule has 15 heteroatoms. The fourth-order valence-corrected chi connectivity index (χ4v) is 3.83. The van der Waals surface area contributed by atoms with Crippen molar-refractivity contribution in [3.8, 4) is 0 Å². The Labute approximate surface area is 203 Å². The van der Waals surface area contributed by atoms with Crippen LogP contribution in [0.25, 0.3) is 0 Å². The van der Waals surface area contributed by atoms with E-state index in [9.17, 15) is 28.1 Å². The van der Waals surface area contributed by atoms with Crippen LogP contribution in [0.3, 0.4) is 0 Å². The van der Waals surface area contributed by atoms with Crippen molar-refractivity contribution in [3.05, 3.63) is 57.1 Å². The van der Waals surface area contributed by atoms with E-state index in [-0.39, 0.29) is 11.6 Å². The second-order valence-corrected chi connectivity index (χ2v) is 10.7. The Kier molecular flexibility index (Phi) is 9.51. The summed E-state index contributed by atoms with van der Waals surface area (Å²) in [5.41, 5.74) is -4.36. The zero-order valence-corrected chi connectivity index (χ0v) is 21.0. The van der Waals surface area contributed by atoms with Crippen LogP contribution >= 0.6 is 23.4 Å². The van der Waals surface area contributed by atoms with Crippen LogP contribution < -0.4 is 4.48 Å². The first kappa shape index (κ1) is 29.6. The molecule has 1 amide bonds. The van der Waals surface area contributed by atoms with Crippen LogP contribution in [0.1, 0.15) is 10.4 Å². The number of hydrogen-bond donors (Lipinski definition) is 1. The number of quaternary nitrogens is 1. The van der Waals surface area contributed by atoms with Gasteiger partial charge in [0.1, 0.15) is 5.02 Å². The Morgan fingerprint density at radius 2 is 1.65 bits per heavy atom. The molecule has 0 radical (unpaired) electrons. The summed E-state index contributed by atoms with van der Waals surface area (Å²) in [6.45, 7) is 0. The molecule has 1 N–H and O–H groups in total. The van der Waals surface area contributed by atoms with Gasteiger partial charge in [-0.3, -0.25) is 23.9 Å². The number of hydrogen-bond acceptors (Lipinski definition) is 6. The maximum Gasteiger partial charge on any atom is 0.522 e. The Hall–Kier alpha value is -2.39. The molecule has 9 nitrogen and oxygen atoms in total. The van der Waals surface area contributed by atoms with Crippen LogP contribution in [0.5, 0.6) is 0 Å². The predicted molar refractivity (Wildman–Crippen MR) is 124 cm³/mol. The first-order valence-corrected chi connectivity index (χ1v) is 11.7. The van der Waals surface area contributed by atoms with Crippen molar-refractivity contribution in [1.82, 2.24) is 9.38 Å². The lowest BCUT2D eigenvalue weighted by atomic mass is 10.2. The normalized spacial score (nSPS) is 11.9. The zero-order valence-electron chi connectivity index (χ0n) is 18.6. The van der Waals surface area contributed by atoms with Gasteiger partial charge in [-0.15, -0.1) is 0 Å². The highest BCUT2D eigenvalue weighted by atomic mass is 35.5. The van der Waals surface area contributed by atoms with Gasteiger partial charge in [0.15, 0.2) is 5.69 Å². The second-order valence-electron chi connectivity index (χ2n) is 7.76. The molecule has 0 fully saturated rings. The zero-order chi connectivity index (χ0) is 26.6. The van der Waals surface area contributed by atoms with Gasteiger partial charge >= 0.3 is 15.6 Å². The molecule has 0 atom stereocenters. The molecule has 0 saturated carbocycles. The van der Waals surface area contributed by atoms with Gasteiger partial charge in [0.05, 0.1) is 36.5 Å². The fraction of sp³-hybridized carbons (Fsp3) is 0.316. The van der Waals surface area contributed by atoms with Gasteiger partial charge in [0, 0.05) is 31.1 Å². The second kappa shape index (κ2) is 10.9. The number of benzene rings is 2. The van der Waals surface area contributed by atoms with Crippen molar-refractivity contribution in [2.24, 2.45) is 0 Å². The molecule has 2 rings (SSSR count). The van der Waals surface area contributed by atoms with Gasteiger partial charge < -0.3 is 4.90 Å². The first-order chi connectivity index (χ1) is 15.3. The van der Waals surface area contributed by atoms with E-state index in [1.807, 2.05) is 21.1 Å². The molecule has 0 bridgehead atoms. The van der Waals surface area contributed by atoms with Crippen molar-refractivity contribution >= 4 is 50.8 Å². The number of nitro benzene ring substituents is 1. The molecule has 0 aliphatic carbocycles. The summed E-state index contributed by atoms with van der Waals surface area (Å²) in [6.07, 6.45) is 0. The van der Waals surface area contributed by atoms with Crippen LogP contribution in [0.15, 0.2) is 46.2 Å². The number of amides is 1. The Balaban J connectivity index is 0.000000620. The highest BCUT2D eigenvalue weighted by molar-refractivity contribution is 7.99. The Bertz CT molecular complexity index is 1180. The minimum absolute atomic E-state index is 0.0793. The van der Waals surface area contributed by atoms with E-state index in [1.54, 1.807) is 44.4 Å². The van der Waals surface area contributed by atoms with Crippen molar-refractivity contribution in [1.29, 1.82) is 0 Å². The molecule has 2 aromatic rings.